The van der Waals surface area contributed by atoms with Gasteiger partial charge in [0.05, 0.1) is 12.3 Å². The number of nitrogens with zero attached hydrogens (tertiary/aromatic N) is 2. The van der Waals surface area contributed by atoms with Gasteiger partial charge in [0.1, 0.15) is 5.82 Å². The predicted molar refractivity (Wildman–Crippen MR) is 91.3 cm³/mol. The van der Waals surface area contributed by atoms with Crippen LogP contribution >= 0.6 is 0 Å². The zero-order valence-electron chi connectivity index (χ0n) is 14.2. The Hall–Kier alpha value is -1.91. The standard InChI is InChI=1S/C19H25FN2O2/c1-2-10-22(19(23)14-6-3-4-7-14)13-17-12-18(21-24-17)15-8-5-9-16(20)11-15/h5,8-9,11,14,17H,2-4,6-7,10,12-13H2,1H3/t17-/m1/s1. The number of carbonyl (C=O) groups is 1. The molecule has 1 atom stereocenters. The van der Waals surface area contributed by atoms with E-state index in [4.69, 9.17) is 4.84 Å². The second-order valence-corrected chi connectivity index (χ2v) is 6.75. The van der Waals surface area contributed by atoms with Crippen LogP contribution in [0.4, 0.5) is 4.39 Å². The van der Waals surface area contributed by atoms with Gasteiger partial charge >= 0.3 is 0 Å². The van der Waals surface area contributed by atoms with E-state index in [0.717, 1.165) is 49.9 Å². The Morgan fingerprint density at radius 2 is 2.17 bits per heavy atom. The number of carbonyl (C=O) groups excluding carboxylic acids is 1. The molecule has 0 radical (unpaired) electrons. The summed E-state index contributed by atoms with van der Waals surface area (Å²) in [4.78, 5) is 20.2. The fourth-order valence-electron chi connectivity index (χ4n) is 3.60. The second-order valence-electron chi connectivity index (χ2n) is 6.75. The lowest BCUT2D eigenvalue weighted by molar-refractivity contribution is -0.137. The van der Waals surface area contributed by atoms with Crippen molar-refractivity contribution in [2.24, 2.45) is 11.1 Å². The second kappa shape index (κ2) is 7.77. The zero-order chi connectivity index (χ0) is 16.9. The van der Waals surface area contributed by atoms with Gasteiger partial charge in [0.2, 0.25) is 5.91 Å². The Morgan fingerprint density at radius 1 is 1.38 bits per heavy atom. The minimum absolute atomic E-state index is 0.139. The molecule has 1 aromatic carbocycles. The first-order chi connectivity index (χ1) is 11.7. The maximum atomic E-state index is 13.4. The summed E-state index contributed by atoms with van der Waals surface area (Å²) in [6.07, 6.45) is 5.74. The Labute approximate surface area is 142 Å². The van der Waals surface area contributed by atoms with Crippen molar-refractivity contribution in [3.8, 4) is 0 Å². The minimum Gasteiger partial charge on any atom is -0.390 e. The molecule has 0 saturated heterocycles. The molecule has 3 rings (SSSR count). The van der Waals surface area contributed by atoms with Crippen molar-refractivity contribution in [1.82, 2.24) is 4.90 Å². The zero-order valence-corrected chi connectivity index (χ0v) is 14.2. The minimum atomic E-state index is -0.275. The molecule has 0 unspecified atom stereocenters. The summed E-state index contributed by atoms with van der Waals surface area (Å²) in [5.41, 5.74) is 1.51. The van der Waals surface area contributed by atoms with Crippen LogP contribution in [-0.4, -0.2) is 35.7 Å². The molecule has 0 N–H and O–H groups in total. The number of amides is 1. The number of oxime groups is 1. The van der Waals surface area contributed by atoms with Crippen LogP contribution in [0.2, 0.25) is 0 Å². The van der Waals surface area contributed by atoms with E-state index in [9.17, 15) is 9.18 Å². The van der Waals surface area contributed by atoms with Gasteiger partial charge < -0.3 is 9.74 Å². The monoisotopic (exact) mass is 332 g/mol. The molecule has 0 aromatic heterocycles. The number of halogens is 1. The van der Waals surface area contributed by atoms with Crippen molar-refractivity contribution in [2.75, 3.05) is 13.1 Å². The maximum absolute atomic E-state index is 13.4. The Balaban J connectivity index is 1.59. The summed E-state index contributed by atoms with van der Waals surface area (Å²) in [5, 5.41) is 4.11. The molecule has 1 saturated carbocycles. The van der Waals surface area contributed by atoms with Crippen molar-refractivity contribution in [3.63, 3.8) is 0 Å². The van der Waals surface area contributed by atoms with Crippen molar-refractivity contribution in [2.45, 2.75) is 51.6 Å². The maximum Gasteiger partial charge on any atom is 0.225 e. The van der Waals surface area contributed by atoms with Gasteiger partial charge in [0, 0.05) is 24.4 Å². The summed E-state index contributed by atoms with van der Waals surface area (Å²) >= 11 is 0. The summed E-state index contributed by atoms with van der Waals surface area (Å²) in [5.74, 6) is 0.168. The van der Waals surface area contributed by atoms with E-state index in [0.29, 0.717) is 13.0 Å². The molecule has 5 heteroatoms. The van der Waals surface area contributed by atoms with Gasteiger partial charge in [-0.15, -0.1) is 0 Å². The lowest BCUT2D eigenvalue weighted by atomic mass is 10.0. The van der Waals surface area contributed by atoms with Crippen molar-refractivity contribution < 1.29 is 14.0 Å². The lowest BCUT2D eigenvalue weighted by Crippen LogP contribution is -2.41. The Morgan fingerprint density at radius 3 is 2.88 bits per heavy atom. The van der Waals surface area contributed by atoms with E-state index in [1.54, 1.807) is 6.07 Å². The van der Waals surface area contributed by atoms with Gasteiger partial charge in [0.25, 0.3) is 0 Å². The lowest BCUT2D eigenvalue weighted by Gasteiger charge is -2.27. The van der Waals surface area contributed by atoms with E-state index in [-0.39, 0.29) is 23.7 Å². The van der Waals surface area contributed by atoms with Gasteiger partial charge in [-0.2, -0.15) is 0 Å². The molecule has 2 aliphatic rings. The molecule has 0 bridgehead atoms. The molecule has 0 spiro atoms. The van der Waals surface area contributed by atoms with Gasteiger partial charge in [-0.1, -0.05) is 37.1 Å². The third-order valence-electron chi connectivity index (χ3n) is 4.82. The van der Waals surface area contributed by atoms with E-state index in [1.165, 1.54) is 12.1 Å². The largest absolute Gasteiger partial charge is 0.390 e. The van der Waals surface area contributed by atoms with Gasteiger partial charge in [-0.3, -0.25) is 4.79 Å². The third-order valence-corrected chi connectivity index (χ3v) is 4.82. The van der Waals surface area contributed by atoms with Crippen LogP contribution in [0.25, 0.3) is 0 Å². The summed E-state index contributed by atoms with van der Waals surface area (Å²) in [6, 6.07) is 6.40. The van der Waals surface area contributed by atoms with Crippen molar-refractivity contribution >= 4 is 11.6 Å². The fourth-order valence-corrected chi connectivity index (χ4v) is 3.60. The first-order valence-corrected chi connectivity index (χ1v) is 8.94. The smallest absolute Gasteiger partial charge is 0.225 e. The average Bonchev–Trinajstić information content (AvgIpc) is 3.26. The predicted octanol–water partition coefficient (Wildman–Crippen LogP) is 3.75. The number of rotatable bonds is 6. The fraction of sp³-hybridized carbons (Fsp3) is 0.579. The van der Waals surface area contributed by atoms with Crippen LogP contribution < -0.4 is 0 Å². The van der Waals surface area contributed by atoms with Crippen molar-refractivity contribution in [1.29, 1.82) is 0 Å². The highest BCUT2D eigenvalue weighted by Crippen LogP contribution is 2.27. The highest BCUT2D eigenvalue weighted by Gasteiger charge is 2.31. The van der Waals surface area contributed by atoms with Crippen LogP contribution in [0, 0.1) is 11.7 Å². The molecule has 1 amide bonds. The number of hydrogen-bond donors (Lipinski definition) is 0. The van der Waals surface area contributed by atoms with Crippen molar-refractivity contribution in [3.05, 3.63) is 35.6 Å². The summed E-state index contributed by atoms with van der Waals surface area (Å²) in [7, 11) is 0. The van der Waals surface area contributed by atoms with Crippen LogP contribution in [0.15, 0.2) is 29.4 Å². The van der Waals surface area contributed by atoms with Gasteiger partial charge in [-0.25, -0.2) is 4.39 Å². The molecule has 1 aliphatic heterocycles. The van der Waals surface area contributed by atoms with Gasteiger partial charge in [-0.05, 0) is 31.4 Å². The van der Waals surface area contributed by atoms with Crippen LogP contribution in [0.1, 0.15) is 51.0 Å². The molecular formula is C19H25FN2O2. The molecular weight excluding hydrogens is 307 g/mol. The van der Waals surface area contributed by atoms with Crippen LogP contribution in [0.5, 0.6) is 0 Å². The molecule has 4 nitrogen and oxygen atoms in total. The van der Waals surface area contributed by atoms with E-state index < -0.39 is 0 Å². The molecule has 1 fully saturated rings. The molecule has 1 heterocycles. The summed E-state index contributed by atoms with van der Waals surface area (Å²) in [6.45, 7) is 3.40. The molecule has 24 heavy (non-hydrogen) atoms. The molecule has 130 valence electrons. The Kier molecular flexibility index (Phi) is 5.48. The molecule has 1 aromatic rings. The third kappa shape index (κ3) is 3.94. The topological polar surface area (TPSA) is 41.9 Å². The summed E-state index contributed by atoms with van der Waals surface area (Å²) < 4.78 is 13.4. The van der Waals surface area contributed by atoms with E-state index in [1.807, 2.05) is 11.0 Å². The first kappa shape index (κ1) is 16.9. The normalized spacial score (nSPS) is 20.8. The highest BCUT2D eigenvalue weighted by molar-refractivity contribution is 6.01. The van der Waals surface area contributed by atoms with Crippen LogP contribution in [-0.2, 0) is 9.63 Å². The SMILES string of the molecule is CCCN(C[C@H]1CC(c2cccc(F)c2)=NO1)C(=O)C1CCCC1. The Bertz CT molecular complexity index is 611. The number of hydrogen-bond acceptors (Lipinski definition) is 3. The molecule has 1 aliphatic carbocycles. The van der Waals surface area contributed by atoms with Gasteiger partial charge in [0.15, 0.2) is 6.10 Å². The number of benzene rings is 1. The quantitative estimate of drug-likeness (QED) is 0.796. The van der Waals surface area contributed by atoms with E-state index in [2.05, 4.69) is 12.1 Å². The highest BCUT2D eigenvalue weighted by atomic mass is 19.1. The first-order valence-electron chi connectivity index (χ1n) is 8.94. The van der Waals surface area contributed by atoms with E-state index >= 15 is 0 Å². The average molecular weight is 332 g/mol. The van der Waals surface area contributed by atoms with Crippen LogP contribution in [0.3, 0.4) is 0 Å².